The first-order valence-electron chi connectivity index (χ1n) is 7.60. The summed E-state index contributed by atoms with van der Waals surface area (Å²) in [5.41, 5.74) is 1.28. The fourth-order valence-electron chi connectivity index (χ4n) is 2.27. The number of benzene rings is 2. The Labute approximate surface area is 140 Å². The van der Waals surface area contributed by atoms with Gasteiger partial charge in [0, 0.05) is 32.8 Å². The molecule has 2 aromatic rings. The summed E-state index contributed by atoms with van der Waals surface area (Å²) in [6.45, 7) is 0.623. The Hall–Kier alpha value is -2.47. The highest BCUT2D eigenvalue weighted by Gasteiger charge is 2.11. The Morgan fingerprint density at radius 1 is 1.12 bits per heavy atom. The van der Waals surface area contributed by atoms with E-state index in [-0.39, 0.29) is 18.2 Å². The van der Waals surface area contributed by atoms with Gasteiger partial charge in [-0.25, -0.2) is 8.78 Å². The number of aliphatic imine (C=N–C) groups is 1. The molecule has 128 valence electrons. The molecule has 0 heterocycles. The smallest absolute Gasteiger partial charge is 0.191 e. The molecule has 0 fully saturated rings. The van der Waals surface area contributed by atoms with Gasteiger partial charge in [-0.15, -0.1) is 0 Å². The number of hydrogen-bond acceptors (Lipinski definition) is 2. The van der Waals surface area contributed by atoms with Crippen LogP contribution in [0.2, 0.25) is 0 Å². The second-order valence-electron chi connectivity index (χ2n) is 5.18. The van der Waals surface area contributed by atoms with E-state index < -0.39 is 11.6 Å². The Morgan fingerprint density at radius 3 is 2.54 bits per heavy atom. The molecular weight excluding hydrogens is 312 g/mol. The Bertz CT molecular complexity index is 677. The summed E-state index contributed by atoms with van der Waals surface area (Å²) in [4.78, 5) is 4.08. The van der Waals surface area contributed by atoms with E-state index in [1.54, 1.807) is 14.2 Å². The van der Waals surface area contributed by atoms with Crippen molar-refractivity contribution < 1.29 is 13.5 Å². The van der Waals surface area contributed by atoms with Gasteiger partial charge in [0.05, 0.1) is 6.10 Å². The van der Waals surface area contributed by atoms with E-state index in [0.29, 0.717) is 12.5 Å². The monoisotopic (exact) mass is 333 g/mol. The Balaban J connectivity index is 1.91. The third kappa shape index (κ3) is 5.03. The normalized spacial score (nSPS) is 12.8. The summed E-state index contributed by atoms with van der Waals surface area (Å²) in [6.07, 6.45) is -0.143. The number of rotatable bonds is 6. The highest BCUT2D eigenvalue weighted by Crippen LogP contribution is 2.14. The van der Waals surface area contributed by atoms with E-state index in [2.05, 4.69) is 15.6 Å². The van der Waals surface area contributed by atoms with Crippen molar-refractivity contribution in [1.82, 2.24) is 10.6 Å². The quantitative estimate of drug-likeness (QED) is 0.631. The van der Waals surface area contributed by atoms with Gasteiger partial charge in [-0.1, -0.05) is 30.3 Å². The molecule has 2 rings (SSSR count). The van der Waals surface area contributed by atoms with Gasteiger partial charge >= 0.3 is 0 Å². The van der Waals surface area contributed by atoms with Gasteiger partial charge in [-0.05, 0) is 23.8 Å². The van der Waals surface area contributed by atoms with Gasteiger partial charge in [0.25, 0.3) is 0 Å². The molecule has 1 atom stereocenters. The number of halogens is 2. The van der Waals surface area contributed by atoms with Crippen LogP contribution in [0.5, 0.6) is 0 Å². The summed E-state index contributed by atoms with van der Waals surface area (Å²) in [5, 5.41) is 6.08. The summed E-state index contributed by atoms with van der Waals surface area (Å²) in [7, 11) is 3.25. The van der Waals surface area contributed by atoms with Crippen molar-refractivity contribution in [3.63, 3.8) is 0 Å². The van der Waals surface area contributed by atoms with E-state index in [4.69, 9.17) is 4.74 Å². The minimum atomic E-state index is -0.473. The molecule has 0 aliphatic carbocycles. The van der Waals surface area contributed by atoms with Crippen LogP contribution in [0.1, 0.15) is 17.2 Å². The zero-order valence-electron chi connectivity index (χ0n) is 13.7. The molecule has 0 amide bonds. The standard InChI is InChI=1S/C18H21F2N3O/c1-21-18(22-11-14-10-15(19)8-9-16(14)20)23-12-17(24-2)13-6-4-3-5-7-13/h3-10,17H,11-12H2,1-2H3,(H2,21,22,23). The maximum Gasteiger partial charge on any atom is 0.191 e. The summed E-state index contributed by atoms with van der Waals surface area (Å²) in [5.74, 6) is -0.449. The van der Waals surface area contributed by atoms with E-state index >= 15 is 0 Å². The number of hydrogen-bond donors (Lipinski definition) is 2. The first-order chi connectivity index (χ1) is 11.6. The van der Waals surface area contributed by atoms with Crippen molar-refractivity contribution in [3.8, 4) is 0 Å². The SMILES string of the molecule is CN=C(NCc1cc(F)ccc1F)NCC(OC)c1ccccc1. The third-order valence-corrected chi connectivity index (χ3v) is 3.59. The number of guanidine groups is 1. The number of ether oxygens (including phenoxy) is 1. The van der Waals surface area contributed by atoms with Crippen LogP contribution in [0.25, 0.3) is 0 Å². The molecule has 2 N–H and O–H groups in total. The Kier molecular flexibility index (Phi) is 6.69. The van der Waals surface area contributed by atoms with Crippen LogP contribution in [-0.2, 0) is 11.3 Å². The lowest BCUT2D eigenvalue weighted by Gasteiger charge is -2.19. The lowest BCUT2D eigenvalue weighted by Crippen LogP contribution is -2.39. The first-order valence-corrected chi connectivity index (χ1v) is 7.60. The fraction of sp³-hybridized carbons (Fsp3) is 0.278. The molecule has 0 spiro atoms. The van der Waals surface area contributed by atoms with E-state index in [1.807, 2.05) is 30.3 Å². The minimum absolute atomic E-state index is 0.131. The van der Waals surface area contributed by atoms with Crippen LogP contribution >= 0.6 is 0 Å². The van der Waals surface area contributed by atoms with Crippen molar-refractivity contribution in [1.29, 1.82) is 0 Å². The first kappa shape index (κ1) is 17.9. The van der Waals surface area contributed by atoms with Crippen molar-refractivity contribution >= 4 is 5.96 Å². The molecule has 0 aliphatic heterocycles. The van der Waals surface area contributed by atoms with Crippen LogP contribution in [-0.4, -0.2) is 26.7 Å². The maximum absolute atomic E-state index is 13.6. The van der Waals surface area contributed by atoms with Gasteiger partial charge in [0.1, 0.15) is 11.6 Å². The van der Waals surface area contributed by atoms with Crippen molar-refractivity contribution in [2.24, 2.45) is 4.99 Å². The summed E-state index contributed by atoms with van der Waals surface area (Å²) < 4.78 is 32.3. The Morgan fingerprint density at radius 2 is 1.88 bits per heavy atom. The molecule has 0 aliphatic rings. The average molecular weight is 333 g/mol. The topological polar surface area (TPSA) is 45.7 Å². The zero-order valence-corrected chi connectivity index (χ0v) is 13.7. The van der Waals surface area contributed by atoms with E-state index in [0.717, 1.165) is 23.8 Å². The van der Waals surface area contributed by atoms with Crippen molar-refractivity contribution in [2.45, 2.75) is 12.6 Å². The highest BCUT2D eigenvalue weighted by atomic mass is 19.1. The number of methoxy groups -OCH3 is 1. The van der Waals surface area contributed by atoms with Crippen LogP contribution in [0, 0.1) is 11.6 Å². The molecule has 24 heavy (non-hydrogen) atoms. The van der Waals surface area contributed by atoms with Gasteiger partial charge in [0.15, 0.2) is 5.96 Å². The van der Waals surface area contributed by atoms with Crippen molar-refractivity contribution in [3.05, 3.63) is 71.3 Å². The molecule has 0 saturated carbocycles. The van der Waals surface area contributed by atoms with E-state index in [9.17, 15) is 8.78 Å². The van der Waals surface area contributed by atoms with Crippen LogP contribution < -0.4 is 10.6 Å². The summed E-state index contributed by atoms with van der Waals surface area (Å²) >= 11 is 0. The second kappa shape index (κ2) is 8.98. The lowest BCUT2D eigenvalue weighted by atomic mass is 10.1. The molecule has 0 bridgehead atoms. The van der Waals surface area contributed by atoms with E-state index in [1.165, 1.54) is 0 Å². The average Bonchev–Trinajstić information content (AvgIpc) is 2.61. The van der Waals surface area contributed by atoms with Crippen molar-refractivity contribution in [2.75, 3.05) is 20.7 Å². The van der Waals surface area contributed by atoms with Gasteiger partial charge in [0.2, 0.25) is 0 Å². The third-order valence-electron chi connectivity index (χ3n) is 3.59. The molecule has 6 heteroatoms. The molecule has 0 saturated heterocycles. The number of nitrogens with zero attached hydrogens (tertiary/aromatic N) is 1. The highest BCUT2D eigenvalue weighted by molar-refractivity contribution is 5.79. The predicted octanol–water partition coefficient (Wildman–Crippen LogP) is 3.02. The molecule has 1 unspecified atom stereocenters. The summed E-state index contributed by atoms with van der Waals surface area (Å²) in [6, 6.07) is 13.2. The molecule has 0 radical (unpaired) electrons. The maximum atomic E-state index is 13.6. The molecule has 4 nitrogen and oxygen atoms in total. The fourth-order valence-corrected chi connectivity index (χ4v) is 2.27. The van der Waals surface area contributed by atoms with Gasteiger partial charge in [-0.3, -0.25) is 4.99 Å². The second-order valence-corrected chi connectivity index (χ2v) is 5.18. The predicted molar refractivity (Wildman–Crippen MR) is 90.8 cm³/mol. The van der Waals surface area contributed by atoms with Gasteiger partial charge in [-0.2, -0.15) is 0 Å². The molecular formula is C18H21F2N3O. The van der Waals surface area contributed by atoms with Crippen LogP contribution in [0.3, 0.4) is 0 Å². The van der Waals surface area contributed by atoms with Crippen LogP contribution in [0.4, 0.5) is 8.78 Å². The zero-order chi connectivity index (χ0) is 17.4. The molecule has 0 aromatic heterocycles. The lowest BCUT2D eigenvalue weighted by molar-refractivity contribution is 0.106. The van der Waals surface area contributed by atoms with Crippen LogP contribution in [0.15, 0.2) is 53.5 Å². The largest absolute Gasteiger partial charge is 0.375 e. The number of nitrogens with one attached hydrogen (secondary N) is 2. The van der Waals surface area contributed by atoms with Gasteiger partial charge < -0.3 is 15.4 Å². The minimum Gasteiger partial charge on any atom is -0.375 e. The molecule has 2 aromatic carbocycles.